The van der Waals surface area contributed by atoms with Crippen LogP contribution in [-0.2, 0) is 9.53 Å². The van der Waals surface area contributed by atoms with Crippen molar-refractivity contribution in [3.05, 3.63) is 0 Å². The van der Waals surface area contributed by atoms with Crippen LogP contribution >= 0.6 is 0 Å². The summed E-state index contributed by atoms with van der Waals surface area (Å²) < 4.78 is 5.97. The van der Waals surface area contributed by atoms with Gasteiger partial charge in [0.2, 0.25) is 0 Å². The molecule has 0 bridgehead atoms. The number of fused-ring (bicyclic) bond motifs is 5. The van der Waals surface area contributed by atoms with Crippen LogP contribution in [0.15, 0.2) is 0 Å². The fourth-order valence-corrected chi connectivity index (χ4v) is 8.92. The van der Waals surface area contributed by atoms with Crippen molar-refractivity contribution in [2.75, 3.05) is 6.54 Å². The Morgan fingerprint density at radius 3 is 2.50 bits per heavy atom. The summed E-state index contributed by atoms with van der Waals surface area (Å²) in [7, 11) is 0. The van der Waals surface area contributed by atoms with E-state index in [4.69, 9.17) is 4.74 Å². The van der Waals surface area contributed by atoms with E-state index in [2.05, 4.69) is 44.8 Å². The van der Waals surface area contributed by atoms with Crippen LogP contribution < -0.4 is 5.32 Å². The van der Waals surface area contributed by atoms with E-state index in [0.29, 0.717) is 29.5 Å². The molecule has 2 saturated carbocycles. The van der Waals surface area contributed by atoms with Gasteiger partial charge < -0.3 is 10.1 Å². The molecule has 4 rings (SSSR count). The van der Waals surface area contributed by atoms with Gasteiger partial charge in [-0.15, -0.1) is 0 Å². The largest absolute Gasteiger partial charge is 0.446 e. The molecule has 182 valence electrons. The number of carbonyl (C=O) groups is 2. The van der Waals surface area contributed by atoms with Crippen LogP contribution in [0.25, 0.3) is 0 Å². The van der Waals surface area contributed by atoms with Gasteiger partial charge in [0.25, 0.3) is 0 Å². The van der Waals surface area contributed by atoms with Gasteiger partial charge in [0.1, 0.15) is 11.9 Å². The molecule has 3 unspecified atom stereocenters. The minimum Gasteiger partial charge on any atom is -0.446 e. The maximum absolute atomic E-state index is 12.5. The zero-order valence-electron chi connectivity index (χ0n) is 21.7. The smallest absolute Gasteiger partial charge is 0.407 e. The van der Waals surface area contributed by atoms with Crippen LogP contribution in [0.5, 0.6) is 0 Å². The van der Waals surface area contributed by atoms with E-state index in [9.17, 15) is 9.59 Å². The number of rotatable bonds is 2. The van der Waals surface area contributed by atoms with Crippen LogP contribution in [0.3, 0.4) is 0 Å². The number of alkyl carbamates (subject to hydrolysis) is 1. The molecule has 0 spiro atoms. The summed E-state index contributed by atoms with van der Waals surface area (Å²) in [5, 5.41) is 2.97. The third kappa shape index (κ3) is 3.80. The minimum atomic E-state index is -0.292. The summed E-state index contributed by atoms with van der Waals surface area (Å²) in [4.78, 5) is 27.5. The van der Waals surface area contributed by atoms with Gasteiger partial charge in [-0.05, 0) is 109 Å². The van der Waals surface area contributed by atoms with E-state index in [1.165, 1.54) is 25.7 Å². The summed E-state index contributed by atoms with van der Waals surface area (Å²) in [6, 6.07) is 0.0769. The highest BCUT2D eigenvalue weighted by atomic mass is 16.6. The first-order valence-corrected chi connectivity index (χ1v) is 13.1. The third-order valence-corrected chi connectivity index (χ3v) is 10.1. The lowest BCUT2D eigenvalue weighted by molar-refractivity contribution is -0.155. The Hall–Kier alpha value is -1.10. The standard InChI is InChI=1S/C27H46N2O3/c1-16-15-21-19-11-14-29-17(2)22(30)10-13-27(29,8)20(19)9-12-26(21,7)23(16)18(3)32-24(31)28-25(4,5)6/h16-21,23H,9-15H2,1-8H3,(H,28,31)/t16?,17?,18?,19-,20+,21+,23-,26+,27-/m1/s1. The van der Waals surface area contributed by atoms with Crippen LogP contribution in [0, 0.1) is 35.0 Å². The molecule has 4 fully saturated rings. The lowest BCUT2D eigenvalue weighted by Gasteiger charge is -2.62. The van der Waals surface area contributed by atoms with Crippen molar-refractivity contribution in [1.29, 1.82) is 0 Å². The van der Waals surface area contributed by atoms with Crippen molar-refractivity contribution in [3.63, 3.8) is 0 Å². The Morgan fingerprint density at radius 2 is 1.84 bits per heavy atom. The zero-order chi connectivity index (χ0) is 23.6. The molecule has 2 saturated heterocycles. The number of ether oxygens (including phenoxy) is 1. The topological polar surface area (TPSA) is 58.6 Å². The molecule has 0 aromatic heterocycles. The molecule has 2 aliphatic heterocycles. The number of carbonyl (C=O) groups excluding carboxylic acids is 2. The van der Waals surface area contributed by atoms with Gasteiger partial charge in [-0.1, -0.05) is 13.8 Å². The van der Waals surface area contributed by atoms with Gasteiger partial charge >= 0.3 is 6.09 Å². The molecule has 1 N–H and O–H groups in total. The molecule has 0 radical (unpaired) electrons. The predicted molar refractivity (Wildman–Crippen MR) is 127 cm³/mol. The van der Waals surface area contributed by atoms with Crippen molar-refractivity contribution in [2.45, 2.75) is 117 Å². The van der Waals surface area contributed by atoms with E-state index in [-0.39, 0.29) is 34.7 Å². The number of nitrogens with one attached hydrogen (secondary N) is 1. The maximum atomic E-state index is 12.5. The zero-order valence-corrected chi connectivity index (χ0v) is 21.7. The fraction of sp³-hybridized carbons (Fsp3) is 0.926. The first-order valence-electron chi connectivity index (χ1n) is 13.1. The van der Waals surface area contributed by atoms with Gasteiger partial charge in [0, 0.05) is 23.4 Å². The summed E-state index contributed by atoms with van der Waals surface area (Å²) in [5.41, 5.74) is 0.0920. The molecule has 2 heterocycles. The van der Waals surface area contributed by atoms with Crippen LogP contribution in [0.1, 0.15) is 93.9 Å². The normalized spacial score (nSPS) is 45.4. The first kappa shape index (κ1) is 24.0. The van der Waals surface area contributed by atoms with E-state index in [1.807, 2.05) is 20.8 Å². The monoisotopic (exact) mass is 446 g/mol. The SMILES string of the molecule is CC1C[C@H]2[C@@H]3CCN4C(C)C(=O)CC[C@]4(C)[C@H]3CC[C@]2(C)[C@H]1C(C)OC(=O)NC(C)(C)C. The Morgan fingerprint density at radius 1 is 1.16 bits per heavy atom. The molecule has 5 heteroatoms. The number of hydrogen-bond donors (Lipinski definition) is 1. The van der Waals surface area contributed by atoms with Crippen molar-refractivity contribution in [3.8, 4) is 0 Å². The number of piperidine rings is 2. The second-order valence-electron chi connectivity index (χ2n) is 13.1. The highest BCUT2D eigenvalue weighted by Crippen LogP contribution is 2.65. The molecule has 0 aromatic carbocycles. The molecule has 2 aliphatic carbocycles. The Kier molecular flexibility index (Phi) is 6.00. The van der Waals surface area contributed by atoms with E-state index in [1.54, 1.807) is 0 Å². The van der Waals surface area contributed by atoms with E-state index < -0.39 is 0 Å². The Labute approximate surface area is 195 Å². The number of Topliss-reactive ketones (excluding diaryl/α,β-unsaturated/α-hetero) is 1. The molecular formula is C27H46N2O3. The summed E-state index contributed by atoms with van der Waals surface area (Å²) >= 11 is 0. The molecule has 32 heavy (non-hydrogen) atoms. The van der Waals surface area contributed by atoms with Crippen LogP contribution in [0.2, 0.25) is 0 Å². The highest BCUT2D eigenvalue weighted by Gasteiger charge is 2.63. The lowest BCUT2D eigenvalue weighted by Crippen LogP contribution is -2.67. The van der Waals surface area contributed by atoms with Crippen molar-refractivity contribution in [1.82, 2.24) is 10.2 Å². The molecular weight excluding hydrogens is 400 g/mol. The van der Waals surface area contributed by atoms with E-state index in [0.717, 1.165) is 25.3 Å². The van der Waals surface area contributed by atoms with Crippen molar-refractivity contribution >= 4 is 11.9 Å². The average Bonchev–Trinajstić information content (AvgIpc) is 2.93. The highest BCUT2D eigenvalue weighted by molar-refractivity contribution is 5.84. The van der Waals surface area contributed by atoms with Gasteiger partial charge in [-0.3, -0.25) is 9.69 Å². The quantitative estimate of drug-likeness (QED) is 0.615. The Balaban J connectivity index is 1.53. The predicted octanol–water partition coefficient (Wildman–Crippen LogP) is 5.42. The number of nitrogens with zero attached hydrogens (tertiary/aromatic N) is 1. The van der Waals surface area contributed by atoms with Gasteiger partial charge in [0.15, 0.2) is 0 Å². The second kappa shape index (κ2) is 7.99. The maximum Gasteiger partial charge on any atom is 0.407 e. The van der Waals surface area contributed by atoms with Gasteiger partial charge in [0.05, 0.1) is 6.04 Å². The second-order valence-corrected chi connectivity index (χ2v) is 13.1. The van der Waals surface area contributed by atoms with E-state index >= 15 is 0 Å². The van der Waals surface area contributed by atoms with Crippen LogP contribution in [-0.4, -0.2) is 46.5 Å². The van der Waals surface area contributed by atoms with Crippen LogP contribution in [0.4, 0.5) is 4.79 Å². The molecule has 1 amide bonds. The number of ketones is 1. The summed E-state index contributed by atoms with van der Waals surface area (Å²) in [5.74, 6) is 3.46. The average molecular weight is 447 g/mol. The summed E-state index contributed by atoms with van der Waals surface area (Å²) in [6.45, 7) is 18.6. The molecule has 0 aromatic rings. The van der Waals surface area contributed by atoms with Crippen molar-refractivity contribution < 1.29 is 14.3 Å². The summed E-state index contributed by atoms with van der Waals surface area (Å²) in [6.07, 6.45) is 6.27. The number of hydrogen-bond acceptors (Lipinski definition) is 4. The first-order chi connectivity index (χ1) is 14.8. The van der Waals surface area contributed by atoms with Crippen molar-refractivity contribution in [2.24, 2.45) is 35.0 Å². The minimum absolute atomic E-state index is 0.0769. The van der Waals surface area contributed by atoms with Gasteiger partial charge in [-0.2, -0.15) is 0 Å². The van der Waals surface area contributed by atoms with Gasteiger partial charge in [-0.25, -0.2) is 4.79 Å². The third-order valence-electron chi connectivity index (χ3n) is 10.1. The fourth-order valence-electron chi connectivity index (χ4n) is 8.92. The molecule has 4 aliphatic rings. The molecule has 9 atom stereocenters. The Bertz CT molecular complexity index is 760. The molecule has 5 nitrogen and oxygen atoms in total. The number of amides is 1. The lowest BCUT2D eigenvalue weighted by atomic mass is 9.51.